The quantitative estimate of drug-likeness (QED) is 0.235. The van der Waals surface area contributed by atoms with Crippen molar-refractivity contribution in [2.75, 3.05) is 13.2 Å². The standard InChI is InChI=1S/C24H24N2O6/c1-4-29-22-13-18(8-10-20(22)32-24(28)21-6-5-11-30-21)14-25-26-23(27)15-31-19-9-7-16(2)17(3)12-19/h5-14H,4,15H2,1-3H3,(H,26,27)/b25-14+. The van der Waals surface area contributed by atoms with Crippen LogP contribution in [0.2, 0.25) is 0 Å². The minimum atomic E-state index is -0.631. The highest BCUT2D eigenvalue weighted by Gasteiger charge is 2.15. The number of carbonyl (C=O) groups excluding carboxylic acids is 2. The molecule has 0 fully saturated rings. The summed E-state index contributed by atoms with van der Waals surface area (Å²) in [5.41, 5.74) is 5.29. The fourth-order valence-electron chi connectivity index (χ4n) is 2.67. The van der Waals surface area contributed by atoms with E-state index in [-0.39, 0.29) is 18.1 Å². The maximum atomic E-state index is 12.1. The van der Waals surface area contributed by atoms with Gasteiger partial charge in [-0.05, 0) is 79.9 Å². The zero-order valence-corrected chi connectivity index (χ0v) is 18.1. The Labute approximate surface area is 185 Å². The van der Waals surface area contributed by atoms with E-state index in [1.54, 1.807) is 24.3 Å². The van der Waals surface area contributed by atoms with Crippen molar-refractivity contribution >= 4 is 18.1 Å². The van der Waals surface area contributed by atoms with E-state index in [1.807, 2.05) is 39.0 Å². The van der Waals surface area contributed by atoms with Gasteiger partial charge in [-0.1, -0.05) is 6.07 Å². The van der Waals surface area contributed by atoms with Gasteiger partial charge in [-0.25, -0.2) is 10.2 Å². The van der Waals surface area contributed by atoms with E-state index in [1.165, 1.54) is 18.5 Å². The Morgan fingerprint density at radius 1 is 1.03 bits per heavy atom. The molecule has 1 aromatic heterocycles. The van der Waals surface area contributed by atoms with Crippen LogP contribution in [0.4, 0.5) is 0 Å². The van der Waals surface area contributed by atoms with E-state index in [0.717, 1.165) is 11.1 Å². The lowest BCUT2D eigenvalue weighted by Crippen LogP contribution is -2.24. The predicted octanol–water partition coefficient (Wildman–Crippen LogP) is 4.04. The average molecular weight is 436 g/mol. The van der Waals surface area contributed by atoms with E-state index in [4.69, 9.17) is 18.6 Å². The minimum Gasteiger partial charge on any atom is -0.490 e. The molecular weight excluding hydrogens is 412 g/mol. The van der Waals surface area contributed by atoms with Gasteiger partial charge in [0.15, 0.2) is 18.1 Å². The molecule has 3 aromatic rings. The molecule has 0 spiro atoms. The van der Waals surface area contributed by atoms with Crippen LogP contribution >= 0.6 is 0 Å². The van der Waals surface area contributed by atoms with Crippen molar-refractivity contribution in [3.63, 3.8) is 0 Å². The molecule has 0 saturated heterocycles. The Kier molecular flexibility index (Phi) is 7.64. The second-order valence-electron chi connectivity index (χ2n) is 6.83. The fourth-order valence-corrected chi connectivity index (χ4v) is 2.67. The van der Waals surface area contributed by atoms with Crippen molar-refractivity contribution in [1.29, 1.82) is 0 Å². The zero-order valence-electron chi connectivity index (χ0n) is 18.1. The molecule has 1 heterocycles. The Balaban J connectivity index is 1.57. The van der Waals surface area contributed by atoms with Gasteiger partial charge in [0.25, 0.3) is 5.91 Å². The molecule has 8 heteroatoms. The Bertz CT molecular complexity index is 1110. The van der Waals surface area contributed by atoms with Gasteiger partial charge in [0.1, 0.15) is 5.75 Å². The Morgan fingerprint density at radius 2 is 1.88 bits per heavy atom. The third-order valence-corrected chi connectivity index (χ3v) is 4.44. The molecule has 0 radical (unpaired) electrons. The first kappa shape index (κ1) is 22.6. The Morgan fingerprint density at radius 3 is 2.59 bits per heavy atom. The lowest BCUT2D eigenvalue weighted by Gasteiger charge is -2.10. The third kappa shape index (κ3) is 6.21. The van der Waals surface area contributed by atoms with Gasteiger partial charge in [0, 0.05) is 0 Å². The predicted molar refractivity (Wildman–Crippen MR) is 118 cm³/mol. The first-order chi connectivity index (χ1) is 15.5. The molecule has 166 valence electrons. The molecule has 0 unspecified atom stereocenters. The van der Waals surface area contributed by atoms with Crippen LogP contribution in [0, 0.1) is 13.8 Å². The van der Waals surface area contributed by atoms with Crippen molar-refractivity contribution in [1.82, 2.24) is 5.43 Å². The molecule has 0 atom stereocenters. The lowest BCUT2D eigenvalue weighted by atomic mass is 10.1. The normalized spacial score (nSPS) is 10.7. The highest BCUT2D eigenvalue weighted by atomic mass is 16.6. The molecule has 8 nitrogen and oxygen atoms in total. The molecule has 0 aliphatic rings. The maximum absolute atomic E-state index is 12.1. The highest BCUT2D eigenvalue weighted by molar-refractivity contribution is 5.89. The van der Waals surface area contributed by atoms with Crippen LogP contribution in [-0.2, 0) is 4.79 Å². The van der Waals surface area contributed by atoms with Gasteiger partial charge in [0.2, 0.25) is 5.76 Å². The van der Waals surface area contributed by atoms with Crippen LogP contribution in [0.3, 0.4) is 0 Å². The minimum absolute atomic E-state index is 0.0869. The second-order valence-corrected chi connectivity index (χ2v) is 6.83. The molecule has 0 saturated carbocycles. The number of amides is 1. The summed E-state index contributed by atoms with van der Waals surface area (Å²) < 4.78 is 21.4. The number of nitrogens with one attached hydrogen (secondary N) is 1. The number of esters is 1. The van der Waals surface area contributed by atoms with Crippen molar-refractivity contribution in [3.05, 3.63) is 77.2 Å². The highest BCUT2D eigenvalue weighted by Crippen LogP contribution is 2.29. The fraction of sp³-hybridized carbons (Fsp3) is 0.208. The monoisotopic (exact) mass is 436 g/mol. The van der Waals surface area contributed by atoms with Gasteiger partial charge < -0.3 is 18.6 Å². The van der Waals surface area contributed by atoms with Gasteiger partial charge in [0.05, 0.1) is 19.1 Å². The number of hydrogen-bond donors (Lipinski definition) is 1. The second kappa shape index (κ2) is 10.8. The van der Waals surface area contributed by atoms with Gasteiger partial charge in [-0.3, -0.25) is 4.79 Å². The molecule has 0 bridgehead atoms. The summed E-state index contributed by atoms with van der Waals surface area (Å²) in [6.45, 7) is 6.01. The van der Waals surface area contributed by atoms with Crippen molar-refractivity contribution < 1.29 is 28.2 Å². The van der Waals surface area contributed by atoms with Crippen molar-refractivity contribution in [3.8, 4) is 17.2 Å². The molecule has 2 aromatic carbocycles. The van der Waals surface area contributed by atoms with Crippen molar-refractivity contribution in [2.24, 2.45) is 5.10 Å². The number of hydrazone groups is 1. The van der Waals surface area contributed by atoms with E-state index < -0.39 is 11.9 Å². The van der Waals surface area contributed by atoms with Crippen LogP contribution in [0.15, 0.2) is 64.3 Å². The van der Waals surface area contributed by atoms with Crippen LogP contribution in [0.25, 0.3) is 0 Å². The summed E-state index contributed by atoms with van der Waals surface area (Å²) in [7, 11) is 0. The van der Waals surface area contributed by atoms with Crippen LogP contribution in [-0.4, -0.2) is 31.3 Å². The number of aryl methyl sites for hydroxylation is 2. The summed E-state index contributed by atoms with van der Waals surface area (Å²) in [6, 6.07) is 13.6. The maximum Gasteiger partial charge on any atom is 0.379 e. The molecule has 1 amide bonds. The number of hydrogen-bond acceptors (Lipinski definition) is 7. The summed E-state index contributed by atoms with van der Waals surface area (Å²) >= 11 is 0. The lowest BCUT2D eigenvalue weighted by molar-refractivity contribution is -0.123. The molecule has 0 aliphatic carbocycles. The van der Waals surface area contributed by atoms with E-state index >= 15 is 0 Å². The van der Waals surface area contributed by atoms with Gasteiger partial charge >= 0.3 is 5.97 Å². The number of carbonyl (C=O) groups is 2. The zero-order chi connectivity index (χ0) is 22.9. The van der Waals surface area contributed by atoms with E-state index in [9.17, 15) is 9.59 Å². The molecule has 0 aliphatic heterocycles. The molecule has 3 rings (SSSR count). The number of furan rings is 1. The van der Waals surface area contributed by atoms with Gasteiger partial charge in [-0.15, -0.1) is 0 Å². The smallest absolute Gasteiger partial charge is 0.379 e. The first-order valence-electron chi connectivity index (χ1n) is 10.0. The van der Waals surface area contributed by atoms with E-state index in [2.05, 4.69) is 10.5 Å². The van der Waals surface area contributed by atoms with Crippen LogP contribution in [0.1, 0.15) is 34.2 Å². The molecule has 32 heavy (non-hydrogen) atoms. The number of ether oxygens (including phenoxy) is 3. The largest absolute Gasteiger partial charge is 0.490 e. The Hall–Kier alpha value is -4.07. The third-order valence-electron chi connectivity index (χ3n) is 4.44. The van der Waals surface area contributed by atoms with Crippen LogP contribution in [0.5, 0.6) is 17.2 Å². The van der Waals surface area contributed by atoms with Gasteiger partial charge in [-0.2, -0.15) is 5.10 Å². The average Bonchev–Trinajstić information content (AvgIpc) is 3.32. The molecule has 1 N–H and O–H groups in total. The SMILES string of the molecule is CCOc1cc(/C=N/NC(=O)COc2ccc(C)c(C)c2)ccc1OC(=O)c1ccco1. The number of benzene rings is 2. The van der Waals surface area contributed by atoms with E-state index in [0.29, 0.717) is 23.7 Å². The summed E-state index contributed by atoms with van der Waals surface area (Å²) in [5.74, 6) is 0.288. The number of rotatable bonds is 9. The molecular formula is C24H24N2O6. The number of nitrogens with zero attached hydrogens (tertiary/aromatic N) is 1. The van der Waals surface area contributed by atoms with Crippen LogP contribution < -0.4 is 19.6 Å². The summed E-state index contributed by atoms with van der Waals surface area (Å²) in [4.78, 5) is 24.1. The topological polar surface area (TPSA) is 99.4 Å². The first-order valence-corrected chi connectivity index (χ1v) is 10.0. The van der Waals surface area contributed by atoms with Crippen molar-refractivity contribution in [2.45, 2.75) is 20.8 Å². The summed E-state index contributed by atoms with van der Waals surface area (Å²) in [6.07, 6.45) is 2.84. The summed E-state index contributed by atoms with van der Waals surface area (Å²) in [5, 5.41) is 3.94.